The Morgan fingerprint density at radius 3 is 2.40 bits per heavy atom. The van der Waals surface area contributed by atoms with Gasteiger partial charge in [-0.1, -0.05) is 42.5 Å². The molecule has 0 saturated carbocycles. The van der Waals surface area contributed by atoms with Gasteiger partial charge in [-0.05, 0) is 24.5 Å². The molecule has 1 aliphatic rings. The molecule has 76 valence electrons. The Bertz CT molecular complexity index is 424. The lowest BCUT2D eigenvalue weighted by atomic mass is 9.92. The van der Waals surface area contributed by atoms with Crippen LogP contribution in [0.3, 0.4) is 0 Å². The molecule has 1 aliphatic carbocycles. The van der Waals surface area contributed by atoms with Crippen molar-refractivity contribution in [3.8, 4) is 0 Å². The molecule has 0 amide bonds. The maximum absolute atomic E-state index is 11.7. The first-order valence-electron chi connectivity index (χ1n) is 5.22. The van der Waals surface area contributed by atoms with Gasteiger partial charge in [0.15, 0.2) is 5.78 Å². The lowest BCUT2D eigenvalue weighted by molar-refractivity contribution is -0.115. The molecule has 2 rings (SSSR count). The van der Waals surface area contributed by atoms with Crippen molar-refractivity contribution in [3.05, 3.63) is 53.6 Å². The van der Waals surface area contributed by atoms with Crippen LogP contribution in [0.25, 0.3) is 5.57 Å². The van der Waals surface area contributed by atoms with Crippen LogP contribution < -0.4 is 0 Å². The number of hydrogen-bond acceptors (Lipinski definition) is 1. The van der Waals surface area contributed by atoms with E-state index < -0.39 is 0 Å². The summed E-state index contributed by atoms with van der Waals surface area (Å²) < 4.78 is 0. The van der Waals surface area contributed by atoms with Crippen molar-refractivity contribution in [2.45, 2.75) is 19.8 Å². The van der Waals surface area contributed by atoms with Gasteiger partial charge in [-0.15, -0.1) is 0 Å². The predicted molar refractivity (Wildman–Crippen MR) is 62.4 cm³/mol. The van der Waals surface area contributed by atoms with Crippen LogP contribution in [0.1, 0.15) is 25.3 Å². The largest absolute Gasteiger partial charge is 0.294 e. The summed E-state index contributed by atoms with van der Waals surface area (Å²) in [6.45, 7) is 2.03. The molecule has 1 aromatic carbocycles. The van der Waals surface area contributed by atoms with Crippen LogP contribution >= 0.6 is 0 Å². The second-order valence-corrected chi connectivity index (χ2v) is 3.77. The standard InChI is InChI=1S/C14H14O/c1-11(12-7-3-2-4-8-12)13-9-5-6-10-14(13)15/h2-8H,9-10H2,1H3. The molecular formula is C14H14O. The fourth-order valence-corrected chi connectivity index (χ4v) is 1.85. The third kappa shape index (κ3) is 2.07. The van der Waals surface area contributed by atoms with Crippen LogP contribution in [-0.2, 0) is 4.79 Å². The van der Waals surface area contributed by atoms with E-state index in [1.165, 1.54) is 0 Å². The van der Waals surface area contributed by atoms with Crippen molar-refractivity contribution in [1.29, 1.82) is 0 Å². The number of rotatable bonds is 1. The normalized spacial score (nSPS) is 19.1. The minimum Gasteiger partial charge on any atom is -0.294 e. The molecule has 0 saturated heterocycles. The molecule has 1 nitrogen and oxygen atoms in total. The number of benzene rings is 1. The third-order valence-electron chi connectivity index (χ3n) is 2.79. The maximum atomic E-state index is 11.7. The first kappa shape index (κ1) is 9.91. The number of carbonyl (C=O) groups excluding carboxylic acids is 1. The molecule has 0 aliphatic heterocycles. The fraction of sp³-hybridized carbons (Fsp3) is 0.214. The SMILES string of the molecule is CC(=C1CC=CCC1=O)c1ccccc1. The minimum absolute atomic E-state index is 0.263. The van der Waals surface area contributed by atoms with E-state index >= 15 is 0 Å². The summed E-state index contributed by atoms with van der Waals surface area (Å²) >= 11 is 0. The molecule has 0 unspecified atom stereocenters. The van der Waals surface area contributed by atoms with Gasteiger partial charge in [-0.2, -0.15) is 0 Å². The molecule has 15 heavy (non-hydrogen) atoms. The summed E-state index contributed by atoms with van der Waals surface area (Å²) in [5.41, 5.74) is 3.23. The van der Waals surface area contributed by atoms with Gasteiger partial charge in [-0.25, -0.2) is 0 Å². The summed E-state index contributed by atoms with van der Waals surface area (Å²) in [6.07, 6.45) is 5.35. The van der Waals surface area contributed by atoms with Crippen molar-refractivity contribution in [3.63, 3.8) is 0 Å². The zero-order valence-electron chi connectivity index (χ0n) is 8.86. The molecule has 1 aromatic rings. The smallest absolute Gasteiger partial charge is 0.163 e. The van der Waals surface area contributed by atoms with Gasteiger partial charge in [0, 0.05) is 12.0 Å². The molecule has 1 heteroatoms. The fourth-order valence-electron chi connectivity index (χ4n) is 1.85. The summed E-state index contributed by atoms with van der Waals surface area (Å²) in [5, 5.41) is 0. The summed E-state index contributed by atoms with van der Waals surface area (Å²) in [7, 11) is 0. The molecule has 0 bridgehead atoms. The first-order chi connectivity index (χ1) is 7.29. The summed E-state index contributed by atoms with van der Waals surface area (Å²) in [4.78, 5) is 11.7. The molecule has 0 fully saturated rings. The Morgan fingerprint density at radius 2 is 1.73 bits per heavy atom. The third-order valence-corrected chi connectivity index (χ3v) is 2.79. The van der Waals surface area contributed by atoms with Crippen LogP contribution in [0.5, 0.6) is 0 Å². The average Bonchev–Trinajstić information content (AvgIpc) is 2.30. The van der Waals surface area contributed by atoms with E-state index in [1.54, 1.807) is 0 Å². The molecule has 0 radical (unpaired) electrons. The minimum atomic E-state index is 0.263. The highest BCUT2D eigenvalue weighted by Gasteiger charge is 2.14. The van der Waals surface area contributed by atoms with E-state index in [0.717, 1.165) is 23.1 Å². The average molecular weight is 198 g/mol. The first-order valence-corrected chi connectivity index (χ1v) is 5.22. The highest BCUT2D eigenvalue weighted by Crippen LogP contribution is 2.24. The van der Waals surface area contributed by atoms with Gasteiger partial charge in [-0.3, -0.25) is 4.79 Å². The second kappa shape index (κ2) is 4.26. The number of Topliss-reactive ketones (excluding diaryl/α,β-unsaturated/α-hetero) is 1. The van der Waals surface area contributed by atoms with E-state index in [2.05, 4.69) is 6.08 Å². The van der Waals surface area contributed by atoms with Crippen molar-refractivity contribution < 1.29 is 4.79 Å². The Morgan fingerprint density at radius 1 is 1.07 bits per heavy atom. The van der Waals surface area contributed by atoms with Crippen LogP contribution in [-0.4, -0.2) is 5.78 Å². The molecule has 0 heterocycles. The lowest BCUT2D eigenvalue weighted by Crippen LogP contribution is -2.06. The predicted octanol–water partition coefficient (Wildman–Crippen LogP) is 3.38. The van der Waals surface area contributed by atoms with Crippen LogP contribution in [0.2, 0.25) is 0 Å². The van der Waals surface area contributed by atoms with Gasteiger partial charge < -0.3 is 0 Å². The molecule has 0 aromatic heterocycles. The van der Waals surface area contributed by atoms with Crippen LogP contribution in [0.15, 0.2) is 48.1 Å². The van der Waals surface area contributed by atoms with Gasteiger partial charge in [0.25, 0.3) is 0 Å². The highest BCUT2D eigenvalue weighted by atomic mass is 16.1. The number of carbonyl (C=O) groups is 1. The Kier molecular flexibility index (Phi) is 2.82. The highest BCUT2D eigenvalue weighted by molar-refractivity contribution is 6.04. The van der Waals surface area contributed by atoms with Gasteiger partial charge >= 0.3 is 0 Å². The summed E-state index contributed by atoms with van der Waals surface area (Å²) in [6, 6.07) is 10.1. The van der Waals surface area contributed by atoms with Crippen molar-refractivity contribution >= 4 is 11.4 Å². The quantitative estimate of drug-likeness (QED) is 0.499. The van der Waals surface area contributed by atoms with Gasteiger partial charge in [0.1, 0.15) is 0 Å². The summed E-state index contributed by atoms with van der Waals surface area (Å²) in [5.74, 6) is 0.263. The zero-order chi connectivity index (χ0) is 10.7. The maximum Gasteiger partial charge on any atom is 0.163 e. The van der Waals surface area contributed by atoms with Gasteiger partial charge in [0.05, 0.1) is 0 Å². The van der Waals surface area contributed by atoms with Crippen molar-refractivity contribution in [2.24, 2.45) is 0 Å². The van der Waals surface area contributed by atoms with Gasteiger partial charge in [0.2, 0.25) is 0 Å². The molecule has 0 atom stereocenters. The monoisotopic (exact) mass is 198 g/mol. The molecular weight excluding hydrogens is 184 g/mol. The Hall–Kier alpha value is -1.63. The number of hydrogen-bond donors (Lipinski definition) is 0. The van der Waals surface area contributed by atoms with Crippen molar-refractivity contribution in [2.75, 3.05) is 0 Å². The molecule has 0 spiro atoms. The Balaban J connectivity index is 2.41. The van der Waals surface area contributed by atoms with E-state index in [9.17, 15) is 4.79 Å². The topological polar surface area (TPSA) is 17.1 Å². The zero-order valence-corrected chi connectivity index (χ0v) is 8.86. The lowest BCUT2D eigenvalue weighted by Gasteiger charge is -2.12. The van der Waals surface area contributed by atoms with E-state index in [0.29, 0.717) is 6.42 Å². The van der Waals surface area contributed by atoms with E-state index in [-0.39, 0.29) is 5.78 Å². The van der Waals surface area contributed by atoms with Crippen molar-refractivity contribution in [1.82, 2.24) is 0 Å². The van der Waals surface area contributed by atoms with E-state index in [4.69, 9.17) is 0 Å². The van der Waals surface area contributed by atoms with E-state index in [1.807, 2.05) is 43.3 Å². The molecule has 0 N–H and O–H groups in total. The Labute approximate surface area is 90.1 Å². The van der Waals surface area contributed by atoms with Crippen LogP contribution in [0.4, 0.5) is 0 Å². The number of ketones is 1. The second-order valence-electron chi connectivity index (χ2n) is 3.77. The van der Waals surface area contributed by atoms with Crippen LogP contribution in [0, 0.1) is 0 Å². The number of allylic oxidation sites excluding steroid dienone is 4.